The Labute approximate surface area is 108 Å². The third-order valence-corrected chi connectivity index (χ3v) is 4.09. The number of rotatable bonds is 2. The summed E-state index contributed by atoms with van der Waals surface area (Å²) in [7, 11) is 0. The minimum Gasteiger partial charge on any atom is -0.374 e. The Balaban J connectivity index is 1.79. The molecule has 1 amide bonds. The van der Waals surface area contributed by atoms with Crippen LogP contribution in [0.4, 0.5) is 11.4 Å². The van der Waals surface area contributed by atoms with E-state index >= 15 is 0 Å². The van der Waals surface area contributed by atoms with E-state index in [9.17, 15) is 4.79 Å². The van der Waals surface area contributed by atoms with Crippen LogP contribution in [0.15, 0.2) is 24.3 Å². The van der Waals surface area contributed by atoms with Gasteiger partial charge in [0.2, 0.25) is 5.91 Å². The smallest absolute Gasteiger partial charge is 0.246 e. The third-order valence-electron chi connectivity index (χ3n) is 4.09. The van der Waals surface area contributed by atoms with Crippen LogP contribution in [0.1, 0.15) is 32.1 Å². The molecule has 1 heterocycles. The summed E-state index contributed by atoms with van der Waals surface area (Å²) in [6.45, 7) is 1.33. The lowest BCUT2D eigenvalue weighted by Crippen LogP contribution is -2.42. The normalized spacial score (nSPS) is 20.4. The van der Waals surface area contributed by atoms with Crippen LogP contribution in [0.5, 0.6) is 0 Å². The molecule has 18 heavy (non-hydrogen) atoms. The van der Waals surface area contributed by atoms with E-state index in [0.717, 1.165) is 17.9 Å². The number of benzene rings is 1. The van der Waals surface area contributed by atoms with Crippen molar-refractivity contribution in [2.24, 2.45) is 5.92 Å². The topological polar surface area (TPSA) is 32.3 Å². The van der Waals surface area contributed by atoms with Gasteiger partial charge in [0.05, 0.1) is 17.9 Å². The van der Waals surface area contributed by atoms with Crippen molar-refractivity contribution in [2.45, 2.75) is 32.1 Å². The van der Waals surface area contributed by atoms with E-state index < -0.39 is 0 Å². The highest BCUT2D eigenvalue weighted by molar-refractivity contribution is 6.02. The summed E-state index contributed by atoms with van der Waals surface area (Å²) >= 11 is 0. The molecule has 0 saturated heterocycles. The Bertz CT molecular complexity index is 438. The Morgan fingerprint density at radius 1 is 1.17 bits per heavy atom. The van der Waals surface area contributed by atoms with E-state index in [2.05, 4.69) is 11.4 Å². The second-order valence-electron chi connectivity index (χ2n) is 5.38. The monoisotopic (exact) mass is 244 g/mol. The zero-order valence-electron chi connectivity index (χ0n) is 10.7. The lowest BCUT2D eigenvalue weighted by atomic mass is 9.88. The van der Waals surface area contributed by atoms with Gasteiger partial charge in [0.15, 0.2) is 0 Å². The first-order valence-electron chi connectivity index (χ1n) is 6.98. The number of hydrogen-bond donors (Lipinski definition) is 1. The van der Waals surface area contributed by atoms with E-state index in [1.165, 1.54) is 32.1 Å². The van der Waals surface area contributed by atoms with Crippen LogP contribution in [-0.2, 0) is 4.79 Å². The van der Waals surface area contributed by atoms with Gasteiger partial charge in [-0.15, -0.1) is 0 Å². The Morgan fingerprint density at radius 2 is 1.94 bits per heavy atom. The van der Waals surface area contributed by atoms with Gasteiger partial charge in [-0.25, -0.2) is 0 Å². The van der Waals surface area contributed by atoms with Crippen molar-refractivity contribution < 1.29 is 4.79 Å². The molecular weight excluding hydrogens is 224 g/mol. The molecule has 0 bridgehead atoms. The van der Waals surface area contributed by atoms with Gasteiger partial charge in [-0.3, -0.25) is 4.79 Å². The molecular formula is C15H20N2O. The SMILES string of the molecule is O=C1CNc2ccccc2N1CC1CCCCC1. The standard InChI is InChI=1S/C15H20N2O/c18-15-10-16-13-8-4-5-9-14(13)17(15)11-12-6-2-1-3-7-12/h4-5,8-9,12,16H,1-3,6-7,10-11H2. The number of carbonyl (C=O) groups is 1. The average molecular weight is 244 g/mol. The van der Waals surface area contributed by atoms with Crippen LogP contribution in [-0.4, -0.2) is 19.0 Å². The molecule has 1 fully saturated rings. The molecule has 1 N–H and O–H groups in total. The molecule has 2 aliphatic rings. The van der Waals surface area contributed by atoms with Crippen molar-refractivity contribution in [3.63, 3.8) is 0 Å². The molecule has 3 rings (SSSR count). The minimum absolute atomic E-state index is 0.208. The van der Waals surface area contributed by atoms with Crippen molar-refractivity contribution in [2.75, 3.05) is 23.3 Å². The first kappa shape index (κ1) is 11.6. The molecule has 0 aromatic heterocycles. The number of nitrogens with one attached hydrogen (secondary N) is 1. The summed E-state index contributed by atoms with van der Waals surface area (Å²) in [4.78, 5) is 14.1. The number of para-hydroxylation sites is 2. The van der Waals surface area contributed by atoms with E-state index in [4.69, 9.17) is 0 Å². The Kier molecular flexibility index (Phi) is 3.22. The van der Waals surface area contributed by atoms with Crippen molar-refractivity contribution in [3.8, 4) is 0 Å². The van der Waals surface area contributed by atoms with Crippen molar-refractivity contribution in [1.29, 1.82) is 0 Å². The van der Waals surface area contributed by atoms with E-state index in [1.54, 1.807) is 0 Å². The largest absolute Gasteiger partial charge is 0.374 e. The van der Waals surface area contributed by atoms with Crippen molar-refractivity contribution in [1.82, 2.24) is 0 Å². The second-order valence-corrected chi connectivity index (χ2v) is 5.38. The van der Waals surface area contributed by atoms with Gasteiger partial charge in [0.1, 0.15) is 0 Å². The average Bonchev–Trinajstić information content (AvgIpc) is 2.43. The lowest BCUT2D eigenvalue weighted by molar-refractivity contribution is -0.117. The number of amides is 1. The maximum Gasteiger partial charge on any atom is 0.246 e. The first-order chi connectivity index (χ1) is 8.84. The zero-order chi connectivity index (χ0) is 12.4. The maximum atomic E-state index is 12.1. The molecule has 3 heteroatoms. The molecule has 3 nitrogen and oxygen atoms in total. The van der Waals surface area contributed by atoms with E-state index in [-0.39, 0.29) is 5.91 Å². The quantitative estimate of drug-likeness (QED) is 0.867. The van der Waals surface area contributed by atoms with Crippen molar-refractivity contribution in [3.05, 3.63) is 24.3 Å². The molecule has 1 aromatic carbocycles. The van der Waals surface area contributed by atoms with Crippen LogP contribution < -0.4 is 10.2 Å². The van der Waals surface area contributed by atoms with Gasteiger partial charge in [0.25, 0.3) is 0 Å². The van der Waals surface area contributed by atoms with Crippen LogP contribution >= 0.6 is 0 Å². The summed E-state index contributed by atoms with van der Waals surface area (Å²) in [6, 6.07) is 8.12. The number of hydrogen-bond acceptors (Lipinski definition) is 2. The Morgan fingerprint density at radius 3 is 2.78 bits per heavy atom. The molecule has 1 saturated carbocycles. The fourth-order valence-corrected chi connectivity index (χ4v) is 3.09. The van der Waals surface area contributed by atoms with Crippen LogP contribution in [0, 0.1) is 5.92 Å². The molecule has 1 aliphatic carbocycles. The van der Waals surface area contributed by atoms with Gasteiger partial charge >= 0.3 is 0 Å². The molecule has 0 atom stereocenters. The van der Waals surface area contributed by atoms with Crippen LogP contribution in [0.2, 0.25) is 0 Å². The fraction of sp³-hybridized carbons (Fsp3) is 0.533. The summed E-state index contributed by atoms with van der Waals surface area (Å²) in [5, 5.41) is 3.19. The molecule has 1 aromatic rings. The van der Waals surface area contributed by atoms with Crippen LogP contribution in [0.25, 0.3) is 0 Å². The van der Waals surface area contributed by atoms with Gasteiger partial charge in [-0.05, 0) is 30.9 Å². The fourth-order valence-electron chi connectivity index (χ4n) is 3.09. The molecule has 0 radical (unpaired) electrons. The van der Waals surface area contributed by atoms with Gasteiger partial charge in [-0.2, -0.15) is 0 Å². The lowest BCUT2D eigenvalue weighted by Gasteiger charge is -2.34. The highest BCUT2D eigenvalue weighted by Gasteiger charge is 2.26. The minimum atomic E-state index is 0.208. The summed E-state index contributed by atoms with van der Waals surface area (Å²) in [5.41, 5.74) is 2.15. The van der Waals surface area contributed by atoms with Crippen molar-refractivity contribution >= 4 is 17.3 Å². The number of carbonyl (C=O) groups excluding carboxylic acids is 1. The number of fused-ring (bicyclic) bond motifs is 1. The Hall–Kier alpha value is -1.51. The maximum absolute atomic E-state index is 12.1. The number of nitrogens with zero attached hydrogens (tertiary/aromatic N) is 1. The van der Waals surface area contributed by atoms with Gasteiger partial charge < -0.3 is 10.2 Å². The number of anilines is 2. The second kappa shape index (κ2) is 5.01. The zero-order valence-corrected chi connectivity index (χ0v) is 10.7. The predicted octanol–water partition coefficient (Wildman–Crippen LogP) is 3.03. The third kappa shape index (κ3) is 2.22. The highest BCUT2D eigenvalue weighted by Crippen LogP contribution is 2.32. The summed E-state index contributed by atoms with van der Waals surface area (Å²) in [5.74, 6) is 0.896. The first-order valence-corrected chi connectivity index (χ1v) is 6.98. The van der Waals surface area contributed by atoms with E-state index in [1.807, 2.05) is 23.1 Å². The van der Waals surface area contributed by atoms with Gasteiger partial charge in [-0.1, -0.05) is 31.4 Å². The molecule has 0 spiro atoms. The summed E-state index contributed by atoms with van der Waals surface area (Å²) < 4.78 is 0. The van der Waals surface area contributed by atoms with Gasteiger partial charge in [0, 0.05) is 6.54 Å². The van der Waals surface area contributed by atoms with Crippen LogP contribution in [0.3, 0.4) is 0 Å². The predicted molar refractivity (Wildman–Crippen MR) is 73.9 cm³/mol. The molecule has 96 valence electrons. The van der Waals surface area contributed by atoms with E-state index in [0.29, 0.717) is 12.5 Å². The molecule has 0 unspecified atom stereocenters. The summed E-state index contributed by atoms with van der Waals surface area (Å²) in [6.07, 6.45) is 6.57. The highest BCUT2D eigenvalue weighted by atomic mass is 16.2. The molecule has 1 aliphatic heterocycles.